The summed E-state index contributed by atoms with van der Waals surface area (Å²) >= 11 is 0. The van der Waals surface area contributed by atoms with Gasteiger partial charge in [0.15, 0.2) is 18.7 Å². The number of carbonyl (C=O) groups is 3. The SMILES string of the molecule is CCC(=O)O[C@@H]1[C@H](O[C@@H]2[C@H](C)[C@H](O[C@@H]3C[C@](C)(OC)[C@H](O)[C@H](C)O3)[C@H](C)C(=O)O[C@H](CC)[C@](C)(O)[C@H](O)[C@H](C)C(=O)[C@H](C)C[C@]2(C)O)O[C@@H](C)C[C@H]1N(C)C. The van der Waals surface area contributed by atoms with Crippen molar-refractivity contribution in [2.24, 2.45) is 23.7 Å². The van der Waals surface area contributed by atoms with Crippen LogP contribution in [-0.4, -0.2) is 149 Å². The molecule has 55 heavy (non-hydrogen) atoms. The lowest BCUT2D eigenvalue weighted by molar-refractivity contribution is -0.319. The van der Waals surface area contributed by atoms with Crippen molar-refractivity contribution in [3.63, 3.8) is 0 Å². The largest absolute Gasteiger partial charge is 0.459 e. The van der Waals surface area contributed by atoms with Crippen molar-refractivity contribution in [2.75, 3.05) is 21.2 Å². The van der Waals surface area contributed by atoms with Gasteiger partial charge in [-0.05, 0) is 74.9 Å². The predicted molar refractivity (Wildman–Crippen MR) is 200 cm³/mol. The van der Waals surface area contributed by atoms with Gasteiger partial charge in [0, 0.05) is 37.7 Å². The lowest BCUT2D eigenvalue weighted by atomic mass is 9.74. The van der Waals surface area contributed by atoms with Gasteiger partial charge in [-0.2, -0.15) is 0 Å². The molecule has 3 aliphatic heterocycles. The molecule has 3 fully saturated rings. The number of esters is 2. The van der Waals surface area contributed by atoms with Crippen LogP contribution in [0.2, 0.25) is 0 Å². The quantitative estimate of drug-likeness (QED) is 0.249. The van der Waals surface area contributed by atoms with E-state index < -0.39 is 114 Å². The zero-order chi connectivity index (χ0) is 42.0. The molecule has 320 valence electrons. The maximum absolute atomic E-state index is 14.2. The topological polar surface area (TPSA) is 200 Å². The Morgan fingerprint density at radius 2 is 1.51 bits per heavy atom. The van der Waals surface area contributed by atoms with Crippen LogP contribution >= 0.6 is 0 Å². The van der Waals surface area contributed by atoms with Crippen molar-refractivity contribution < 1.29 is 68.0 Å². The van der Waals surface area contributed by atoms with Crippen LogP contribution in [0.4, 0.5) is 0 Å². The molecule has 0 aliphatic carbocycles. The first kappa shape index (κ1) is 47.6. The Kier molecular flexibility index (Phi) is 16.3. The third kappa shape index (κ3) is 10.6. The minimum absolute atomic E-state index is 0.0760. The van der Waals surface area contributed by atoms with Gasteiger partial charge in [0.1, 0.15) is 23.6 Å². The molecule has 18 atom stereocenters. The highest BCUT2D eigenvalue weighted by Gasteiger charge is 2.54. The van der Waals surface area contributed by atoms with Gasteiger partial charge in [-0.15, -0.1) is 0 Å². The summed E-state index contributed by atoms with van der Waals surface area (Å²) in [4.78, 5) is 42.9. The first-order chi connectivity index (χ1) is 25.4. The van der Waals surface area contributed by atoms with Gasteiger partial charge in [-0.25, -0.2) is 0 Å². The van der Waals surface area contributed by atoms with E-state index >= 15 is 0 Å². The standard InChI is InChI=1S/C40H71NO14/c1-15-27-40(11,48)33(44)22(5)30(43)20(3)18-38(9,47)35(55-37-32(53-28(42)16-2)26(41(12)13)17-21(4)50-37)23(6)31(24(7)36(46)52-27)54-29-19-39(10,49-14)34(45)25(8)51-29/h20-27,29,31-35,37,44-45,47-48H,15-19H2,1-14H3/t20-,21+,22-,23-,24+,25+,26-,27-,29-,31+,32+,33-,34-,35-,37+,38+,39+,40+/m1/s1. The second-order valence-corrected chi connectivity index (χ2v) is 17.3. The van der Waals surface area contributed by atoms with E-state index in [2.05, 4.69) is 0 Å². The van der Waals surface area contributed by atoms with Gasteiger partial charge in [-0.3, -0.25) is 14.4 Å². The van der Waals surface area contributed by atoms with Gasteiger partial charge in [0.05, 0.1) is 53.7 Å². The molecule has 0 spiro atoms. The van der Waals surface area contributed by atoms with Crippen molar-refractivity contribution in [2.45, 2.75) is 193 Å². The molecular weight excluding hydrogens is 718 g/mol. The number of hydrogen-bond acceptors (Lipinski definition) is 15. The second kappa shape index (κ2) is 18.9. The van der Waals surface area contributed by atoms with E-state index in [0.717, 1.165) is 0 Å². The molecule has 3 saturated heterocycles. The Balaban J connectivity index is 2.24. The normalized spacial score (nSPS) is 46.9. The van der Waals surface area contributed by atoms with Crippen LogP contribution in [0.1, 0.15) is 108 Å². The van der Waals surface area contributed by atoms with Crippen molar-refractivity contribution >= 4 is 17.7 Å². The Bertz CT molecular complexity index is 1290. The minimum Gasteiger partial charge on any atom is -0.459 e. The molecule has 4 N–H and O–H groups in total. The molecule has 0 saturated carbocycles. The number of Topliss-reactive ketones (excluding diaryl/α,β-unsaturated/α-hetero) is 1. The molecule has 0 unspecified atom stereocenters. The van der Waals surface area contributed by atoms with Gasteiger partial charge < -0.3 is 58.5 Å². The molecule has 15 nitrogen and oxygen atoms in total. The van der Waals surface area contributed by atoms with E-state index in [4.69, 9.17) is 33.2 Å². The summed E-state index contributed by atoms with van der Waals surface area (Å²) in [5.41, 5.74) is -4.92. The summed E-state index contributed by atoms with van der Waals surface area (Å²) in [5.74, 6) is -5.59. The number of aliphatic hydroxyl groups excluding tert-OH is 2. The van der Waals surface area contributed by atoms with Crippen LogP contribution in [0, 0.1) is 23.7 Å². The highest BCUT2D eigenvalue weighted by molar-refractivity contribution is 5.83. The fourth-order valence-corrected chi connectivity index (χ4v) is 8.76. The summed E-state index contributed by atoms with van der Waals surface area (Å²) < 4.78 is 43.6. The second-order valence-electron chi connectivity index (χ2n) is 17.3. The first-order valence-corrected chi connectivity index (χ1v) is 19.9. The maximum Gasteiger partial charge on any atom is 0.311 e. The Hall–Kier alpha value is -1.79. The predicted octanol–water partition coefficient (Wildman–Crippen LogP) is 2.75. The van der Waals surface area contributed by atoms with Crippen molar-refractivity contribution in [1.29, 1.82) is 0 Å². The number of carbonyl (C=O) groups excluding carboxylic acids is 3. The Morgan fingerprint density at radius 1 is 0.891 bits per heavy atom. The zero-order valence-corrected chi connectivity index (χ0v) is 35.5. The van der Waals surface area contributed by atoms with Crippen LogP contribution in [0.25, 0.3) is 0 Å². The average molecular weight is 790 g/mol. The Morgan fingerprint density at radius 3 is 2.05 bits per heavy atom. The molecule has 0 aromatic rings. The number of hydrogen-bond donors (Lipinski definition) is 4. The fourth-order valence-electron chi connectivity index (χ4n) is 8.76. The summed E-state index contributed by atoms with van der Waals surface area (Å²) in [6.45, 7) is 18.0. The van der Waals surface area contributed by atoms with Crippen molar-refractivity contribution in [3.05, 3.63) is 0 Å². The third-order valence-corrected chi connectivity index (χ3v) is 12.4. The number of aliphatic hydroxyl groups is 4. The number of cyclic esters (lactones) is 1. The van der Waals surface area contributed by atoms with Crippen LogP contribution in [-0.2, 0) is 47.5 Å². The third-order valence-electron chi connectivity index (χ3n) is 12.4. The number of ether oxygens (including phenoxy) is 7. The number of likely N-dealkylation sites (N-methyl/N-ethyl adjacent to an activating group) is 1. The molecule has 3 rings (SSSR count). The molecule has 0 radical (unpaired) electrons. The fraction of sp³-hybridized carbons (Fsp3) is 0.925. The highest BCUT2D eigenvalue weighted by Crippen LogP contribution is 2.41. The van der Waals surface area contributed by atoms with Crippen LogP contribution in [0.3, 0.4) is 0 Å². The number of ketones is 1. The van der Waals surface area contributed by atoms with Crippen LogP contribution < -0.4 is 0 Å². The first-order valence-electron chi connectivity index (χ1n) is 19.9. The van der Waals surface area contributed by atoms with Crippen LogP contribution in [0.15, 0.2) is 0 Å². The molecule has 0 aromatic carbocycles. The summed E-state index contributed by atoms with van der Waals surface area (Å²) in [7, 11) is 5.21. The number of nitrogens with zero attached hydrogens (tertiary/aromatic N) is 1. The van der Waals surface area contributed by atoms with Crippen molar-refractivity contribution in [3.8, 4) is 0 Å². The molecule has 3 aliphatic rings. The van der Waals surface area contributed by atoms with Gasteiger partial charge in [0.25, 0.3) is 0 Å². The molecule has 0 amide bonds. The number of methoxy groups -OCH3 is 1. The Labute approximate surface area is 327 Å². The molecular formula is C40H71NO14. The van der Waals surface area contributed by atoms with Gasteiger partial charge in [0.2, 0.25) is 0 Å². The molecule has 0 bridgehead atoms. The lowest BCUT2D eigenvalue weighted by Gasteiger charge is -2.49. The van der Waals surface area contributed by atoms with E-state index in [9.17, 15) is 34.8 Å². The summed E-state index contributed by atoms with van der Waals surface area (Å²) in [6.07, 6.45) is -9.68. The van der Waals surface area contributed by atoms with Crippen molar-refractivity contribution in [1.82, 2.24) is 4.90 Å². The van der Waals surface area contributed by atoms with Gasteiger partial charge >= 0.3 is 11.9 Å². The molecule has 3 heterocycles. The summed E-state index contributed by atoms with van der Waals surface area (Å²) in [5, 5.41) is 46.6. The van der Waals surface area contributed by atoms with E-state index in [1.807, 2.05) is 25.9 Å². The smallest absolute Gasteiger partial charge is 0.311 e. The maximum atomic E-state index is 14.2. The average Bonchev–Trinajstić information content (AvgIpc) is 3.11. The summed E-state index contributed by atoms with van der Waals surface area (Å²) in [6, 6.07) is -0.319. The van der Waals surface area contributed by atoms with E-state index in [-0.39, 0.29) is 37.8 Å². The molecule has 15 heteroatoms. The van der Waals surface area contributed by atoms with Crippen LogP contribution in [0.5, 0.6) is 0 Å². The highest BCUT2D eigenvalue weighted by atomic mass is 16.7. The van der Waals surface area contributed by atoms with E-state index in [0.29, 0.717) is 6.42 Å². The zero-order valence-electron chi connectivity index (χ0n) is 35.5. The minimum atomic E-state index is -2.01. The van der Waals surface area contributed by atoms with Gasteiger partial charge in [-0.1, -0.05) is 34.6 Å². The van der Waals surface area contributed by atoms with E-state index in [1.165, 1.54) is 27.9 Å². The number of rotatable bonds is 9. The molecule has 0 aromatic heterocycles. The monoisotopic (exact) mass is 789 g/mol. The van der Waals surface area contributed by atoms with E-state index in [1.54, 1.807) is 48.5 Å². The lowest BCUT2D eigenvalue weighted by Crippen LogP contribution is -2.61.